The maximum Gasteiger partial charge on any atom is 0.0992 e. The topological polar surface area (TPSA) is 27.0 Å². The van der Waals surface area contributed by atoms with Crippen LogP contribution in [0.15, 0.2) is 12.1 Å². The van der Waals surface area contributed by atoms with Crippen LogP contribution in [-0.2, 0) is 6.42 Å². The minimum Gasteiger partial charge on any atom is -0.374 e. The largest absolute Gasteiger partial charge is 0.374 e. The van der Waals surface area contributed by atoms with E-state index in [4.69, 9.17) is 16.9 Å². The molecule has 0 aromatic heterocycles. The molecule has 0 bridgehead atoms. The van der Waals surface area contributed by atoms with E-state index < -0.39 is 0 Å². The first-order valence-corrected chi connectivity index (χ1v) is 5.04. The van der Waals surface area contributed by atoms with Crippen molar-refractivity contribution in [2.45, 2.75) is 12.8 Å². The van der Waals surface area contributed by atoms with Crippen molar-refractivity contribution in [3.05, 3.63) is 28.3 Å². The molecule has 2 rings (SSSR count). The van der Waals surface area contributed by atoms with Gasteiger partial charge in [0.15, 0.2) is 0 Å². The van der Waals surface area contributed by atoms with Crippen LogP contribution in [0.2, 0.25) is 5.02 Å². The van der Waals surface area contributed by atoms with Crippen LogP contribution in [0.1, 0.15) is 17.5 Å². The molecule has 0 amide bonds. The quantitative estimate of drug-likeness (QED) is 0.653. The Morgan fingerprint density at radius 1 is 1.50 bits per heavy atom. The van der Waals surface area contributed by atoms with Gasteiger partial charge in [0, 0.05) is 24.3 Å². The van der Waals surface area contributed by atoms with Crippen LogP contribution in [-0.4, -0.2) is 13.6 Å². The highest BCUT2D eigenvalue weighted by Crippen LogP contribution is 2.32. The zero-order chi connectivity index (χ0) is 10.1. The smallest absolute Gasteiger partial charge is 0.0992 e. The number of rotatable bonds is 0. The van der Waals surface area contributed by atoms with Gasteiger partial charge in [-0.2, -0.15) is 5.26 Å². The number of nitriles is 1. The molecule has 1 aliphatic heterocycles. The Morgan fingerprint density at radius 2 is 2.29 bits per heavy atom. The fourth-order valence-electron chi connectivity index (χ4n) is 1.89. The molecule has 0 spiro atoms. The Hall–Kier alpha value is -1.20. The van der Waals surface area contributed by atoms with E-state index in [9.17, 15) is 0 Å². The van der Waals surface area contributed by atoms with Gasteiger partial charge in [-0.15, -0.1) is 0 Å². The summed E-state index contributed by atoms with van der Waals surface area (Å²) in [7, 11) is 2.04. The molecule has 1 aromatic carbocycles. The van der Waals surface area contributed by atoms with E-state index in [1.54, 1.807) is 6.07 Å². The zero-order valence-electron chi connectivity index (χ0n) is 8.05. The van der Waals surface area contributed by atoms with E-state index in [1.807, 2.05) is 13.1 Å². The summed E-state index contributed by atoms with van der Waals surface area (Å²) < 4.78 is 0. The second kappa shape index (κ2) is 3.51. The van der Waals surface area contributed by atoms with E-state index in [0.29, 0.717) is 5.56 Å². The van der Waals surface area contributed by atoms with Crippen LogP contribution >= 0.6 is 11.6 Å². The molecule has 0 N–H and O–H groups in total. The first kappa shape index (κ1) is 9.36. The van der Waals surface area contributed by atoms with Crippen molar-refractivity contribution in [3.63, 3.8) is 0 Å². The van der Waals surface area contributed by atoms with Gasteiger partial charge in [-0.3, -0.25) is 0 Å². The molecule has 3 heteroatoms. The van der Waals surface area contributed by atoms with Gasteiger partial charge < -0.3 is 4.90 Å². The maximum absolute atomic E-state index is 8.82. The van der Waals surface area contributed by atoms with Gasteiger partial charge in [-0.1, -0.05) is 11.6 Å². The third-order valence-corrected chi connectivity index (χ3v) is 2.97. The molecule has 0 atom stereocenters. The third-order valence-electron chi connectivity index (χ3n) is 2.63. The summed E-state index contributed by atoms with van der Waals surface area (Å²) in [5.74, 6) is 0. The van der Waals surface area contributed by atoms with E-state index in [0.717, 1.165) is 30.1 Å². The van der Waals surface area contributed by atoms with Crippen molar-refractivity contribution < 1.29 is 0 Å². The second-order valence-corrected chi connectivity index (χ2v) is 4.00. The van der Waals surface area contributed by atoms with Gasteiger partial charge in [-0.05, 0) is 30.5 Å². The first-order valence-electron chi connectivity index (χ1n) is 4.66. The van der Waals surface area contributed by atoms with E-state index in [1.165, 1.54) is 5.56 Å². The highest BCUT2D eigenvalue weighted by atomic mass is 35.5. The lowest BCUT2D eigenvalue weighted by molar-refractivity contribution is 0.744. The number of nitrogens with zero attached hydrogens (tertiary/aromatic N) is 2. The standard InChI is InChI=1S/C11H11ClN2/c1-14-4-2-3-9-10(12)5-8(7-13)6-11(9)14/h5-6H,2-4H2,1H3. The monoisotopic (exact) mass is 206 g/mol. The minimum atomic E-state index is 0.641. The van der Waals surface area contributed by atoms with Crippen LogP contribution in [0.3, 0.4) is 0 Å². The maximum atomic E-state index is 8.82. The minimum absolute atomic E-state index is 0.641. The number of halogens is 1. The van der Waals surface area contributed by atoms with Gasteiger partial charge >= 0.3 is 0 Å². The predicted molar refractivity (Wildman–Crippen MR) is 57.8 cm³/mol. The molecule has 1 aromatic rings. The van der Waals surface area contributed by atoms with Gasteiger partial charge in [0.2, 0.25) is 0 Å². The molecular formula is C11H11ClN2. The summed E-state index contributed by atoms with van der Waals surface area (Å²) in [6.45, 7) is 1.04. The van der Waals surface area contributed by atoms with Crippen molar-refractivity contribution >= 4 is 17.3 Å². The Balaban J connectivity index is 2.58. The molecule has 0 fully saturated rings. The SMILES string of the molecule is CN1CCCc2c(Cl)cc(C#N)cc21. The highest BCUT2D eigenvalue weighted by Gasteiger charge is 2.17. The van der Waals surface area contributed by atoms with Crippen molar-refractivity contribution in [2.75, 3.05) is 18.5 Å². The summed E-state index contributed by atoms with van der Waals surface area (Å²) >= 11 is 6.11. The average Bonchev–Trinajstić information content (AvgIpc) is 2.19. The molecule has 0 unspecified atom stereocenters. The molecule has 14 heavy (non-hydrogen) atoms. The van der Waals surface area contributed by atoms with E-state index in [2.05, 4.69) is 11.0 Å². The lowest BCUT2D eigenvalue weighted by atomic mass is 10.0. The summed E-state index contributed by atoms with van der Waals surface area (Å²) in [6, 6.07) is 5.79. The van der Waals surface area contributed by atoms with Crippen LogP contribution < -0.4 is 4.90 Å². The molecule has 1 aliphatic rings. The van der Waals surface area contributed by atoms with Crippen LogP contribution in [0.25, 0.3) is 0 Å². The van der Waals surface area contributed by atoms with Gasteiger partial charge in [0.25, 0.3) is 0 Å². The molecule has 0 aliphatic carbocycles. The van der Waals surface area contributed by atoms with Gasteiger partial charge in [-0.25, -0.2) is 0 Å². The van der Waals surface area contributed by atoms with Crippen LogP contribution in [0.5, 0.6) is 0 Å². The Kier molecular flexibility index (Phi) is 2.35. The summed E-state index contributed by atoms with van der Waals surface area (Å²) in [6.07, 6.45) is 2.15. The van der Waals surface area contributed by atoms with Crippen molar-refractivity contribution in [1.29, 1.82) is 5.26 Å². The second-order valence-electron chi connectivity index (χ2n) is 3.59. The Labute approximate surface area is 88.7 Å². The lowest BCUT2D eigenvalue weighted by Gasteiger charge is -2.28. The van der Waals surface area contributed by atoms with Gasteiger partial charge in [0.05, 0.1) is 11.6 Å². The van der Waals surface area contributed by atoms with Crippen LogP contribution in [0.4, 0.5) is 5.69 Å². The molecule has 0 radical (unpaired) electrons. The van der Waals surface area contributed by atoms with Gasteiger partial charge in [0.1, 0.15) is 0 Å². The van der Waals surface area contributed by atoms with Crippen molar-refractivity contribution in [3.8, 4) is 6.07 Å². The number of benzene rings is 1. The summed E-state index contributed by atoms with van der Waals surface area (Å²) in [4.78, 5) is 2.16. The normalized spacial score (nSPS) is 14.8. The molecule has 1 heterocycles. The lowest BCUT2D eigenvalue weighted by Crippen LogP contribution is -2.24. The number of hydrogen-bond donors (Lipinski definition) is 0. The fraction of sp³-hybridized carbons (Fsp3) is 0.364. The van der Waals surface area contributed by atoms with Crippen molar-refractivity contribution in [2.24, 2.45) is 0 Å². The van der Waals surface area contributed by atoms with E-state index in [-0.39, 0.29) is 0 Å². The number of anilines is 1. The number of fused-ring (bicyclic) bond motifs is 1. The zero-order valence-corrected chi connectivity index (χ0v) is 8.80. The number of hydrogen-bond acceptors (Lipinski definition) is 2. The molecule has 0 saturated heterocycles. The molecular weight excluding hydrogens is 196 g/mol. The van der Waals surface area contributed by atoms with Crippen molar-refractivity contribution in [1.82, 2.24) is 0 Å². The fourth-order valence-corrected chi connectivity index (χ4v) is 2.20. The van der Waals surface area contributed by atoms with E-state index >= 15 is 0 Å². The Morgan fingerprint density at radius 3 is 3.00 bits per heavy atom. The molecule has 2 nitrogen and oxygen atoms in total. The molecule has 72 valence electrons. The average molecular weight is 207 g/mol. The Bertz CT molecular complexity index is 406. The highest BCUT2D eigenvalue weighted by molar-refractivity contribution is 6.32. The summed E-state index contributed by atoms with van der Waals surface area (Å²) in [5, 5.41) is 9.55. The molecule has 0 saturated carbocycles. The first-order chi connectivity index (χ1) is 6.72. The van der Waals surface area contributed by atoms with Crippen LogP contribution in [0, 0.1) is 11.3 Å². The third kappa shape index (κ3) is 1.44. The summed E-state index contributed by atoms with van der Waals surface area (Å²) in [5.41, 5.74) is 2.93. The predicted octanol–water partition coefficient (Wildman–Crippen LogP) is 2.59.